The van der Waals surface area contributed by atoms with E-state index in [-0.39, 0.29) is 11.3 Å². The highest BCUT2D eigenvalue weighted by molar-refractivity contribution is 5.88. The second kappa shape index (κ2) is 5.83. The smallest absolute Gasteiger partial charge is 0.341 e. The van der Waals surface area contributed by atoms with Crippen LogP contribution >= 0.6 is 0 Å². The number of ether oxygens (including phenoxy) is 1. The maximum atomic E-state index is 12.7. The van der Waals surface area contributed by atoms with Gasteiger partial charge in [0, 0.05) is 23.9 Å². The number of carboxylic acids is 1. The number of benzene rings is 1. The molecule has 0 radical (unpaired) electrons. The minimum atomic E-state index is -1.34. The van der Waals surface area contributed by atoms with E-state index in [1.165, 1.54) is 41.1 Å². The van der Waals surface area contributed by atoms with E-state index in [0.29, 0.717) is 22.6 Å². The molecule has 0 atom stereocenters. The number of aromatic nitrogens is 1. The summed E-state index contributed by atoms with van der Waals surface area (Å²) in [5.41, 5.74) is -0.644. The van der Waals surface area contributed by atoms with Crippen molar-refractivity contribution in [3.05, 3.63) is 73.7 Å². The lowest BCUT2D eigenvalue weighted by Gasteiger charge is -2.35. The van der Waals surface area contributed by atoms with Gasteiger partial charge in [-0.15, -0.1) is 0 Å². The maximum Gasteiger partial charge on any atom is 0.341 e. The Morgan fingerprint density at radius 2 is 2.00 bits per heavy atom. The molecule has 0 aliphatic carbocycles. The third-order valence-corrected chi connectivity index (χ3v) is 4.47. The Morgan fingerprint density at radius 3 is 2.62 bits per heavy atom. The van der Waals surface area contributed by atoms with E-state index in [1.54, 1.807) is 20.8 Å². The number of carbonyl (C=O) groups is 1. The number of hydrogen-bond donors (Lipinski definition) is 1. The van der Waals surface area contributed by atoms with Crippen LogP contribution in [0.5, 0.6) is 5.75 Å². The van der Waals surface area contributed by atoms with Gasteiger partial charge in [0.1, 0.15) is 16.9 Å². The monoisotopic (exact) mass is 356 g/mol. The van der Waals surface area contributed by atoms with Crippen LogP contribution in [0.3, 0.4) is 0 Å². The van der Waals surface area contributed by atoms with Crippen LogP contribution in [0.4, 0.5) is 5.69 Å². The molecule has 8 heteroatoms. The van der Waals surface area contributed by atoms with Crippen LogP contribution < -0.4 is 10.3 Å². The molecule has 0 saturated carbocycles. The first-order valence-corrected chi connectivity index (χ1v) is 7.78. The fourth-order valence-corrected chi connectivity index (χ4v) is 2.89. The Kier molecular flexibility index (Phi) is 3.91. The second-order valence-electron chi connectivity index (χ2n) is 6.43. The molecule has 0 unspecified atom stereocenters. The number of pyridine rings is 1. The summed E-state index contributed by atoms with van der Waals surface area (Å²) in [6.45, 7) is 5.36. The average Bonchev–Trinajstić information content (AvgIpc) is 2.56. The highest BCUT2D eigenvalue weighted by Gasteiger charge is 2.34. The minimum Gasteiger partial charge on any atom is -0.483 e. The van der Waals surface area contributed by atoms with Crippen LogP contribution in [0, 0.1) is 10.1 Å². The van der Waals surface area contributed by atoms with Gasteiger partial charge in [0.15, 0.2) is 0 Å². The molecule has 1 aromatic carbocycles. The number of carboxylic acid groups (broad SMARTS) is 1. The summed E-state index contributed by atoms with van der Waals surface area (Å²) in [6.07, 6.45) is 1.44. The quantitative estimate of drug-likeness (QED) is 0.668. The number of hydrogen-bond acceptors (Lipinski definition) is 5. The largest absolute Gasteiger partial charge is 0.483 e. The van der Waals surface area contributed by atoms with Crippen molar-refractivity contribution in [1.82, 2.24) is 4.57 Å². The molecule has 134 valence electrons. The van der Waals surface area contributed by atoms with Crippen molar-refractivity contribution in [3.63, 3.8) is 0 Å². The molecule has 1 N–H and O–H groups in total. The lowest BCUT2D eigenvalue weighted by Crippen LogP contribution is -2.37. The molecule has 0 amide bonds. The Hall–Kier alpha value is -3.42. The van der Waals surface area contributed by atoms with Gasteiger partial charge in [-0.2, -0.15) is 0 Å². The van der Waals surface area contributed by atoms with Gasteiger partial charge >= 0.3 is 5.97 Å². The maximum absolute atomic E-state index is 12.7. The predicted molar refractivity (Wildman–Crippen MR) is 93.5 cm³/mol. The first kappa shape index (κ1) is 17.4. The lowest BCUT2D eigenvalue weighted by molar-refractivity contribution is -0.384. The molecule has 1 aliphatic heterocycles. The van der Waals surface area contributed by atoms with E-state index < -0.39 is 22.1 Å². The van der Waals surface area contributed by atoms with Gasteiger partial charge in [0.25, 0.3) is 11.2 Å². The van der Waals surface area contributed by atoms with Crippen LogP contribution in [0.1, 0.15) is 36.7 Å². The fraction of sp³-hybridized carbons (Fsp3) is 0.222. The Morgan fingerprint density at radius 1 is 1.31 bits per heavy atom. The molecule has 3 rings (SSSR count). The Balaban J connectivity index is 2.37. The molecule has 0 spiro atoms. The van der Waals surface area contributed by atoms with Crippen molar-refractivity contribution in [2.24, 2.45) is 0 Å². The zero-order valence-corrected chi connectivity index (χ0v) is 14.3. The number of nitrogens with zero attached hydrogens (tertiary/aromatic N) is 2. The average molecular weight is 356 g/mol. The van der Waals surface area contributed by atoms with Crippen molar-refractivity contribution in [2.45, 2.75) is 26.4 Å². The SMILES string of the molecule is CC1=C(n2cccc(C(=O)O)c2=O)c2cc([N+](=O)[O-])ccc2OC1(C)C. The van der Waals surface area contributed by atoms with Gasteiger partial charge in [-0.25, -0.2) is 4.79 Å². The summed E-state index contributed by atoms with van der Waals surface area (Å²) >= 11 is 0. The third-order valence-electron chi connectivity index (χ3n) is 4.47. The van der Waals surface area contributed by atoms with Crippen LogP contribution in [0.15, 0.2) is 46.9 Å². The van der Waals surface area contributed by atoms with E-state index in [4.69, 9.17) is 4.74 Å². The molecule has 0 fully saturated rings. The Labute approximate surface area is 148 Å². The molecule has 1 aromatic heterocycles. The number of fused-ring (bicyclic) bond motifs is 1. The van der Waals surface area contributed by atoms with Gasteiger partial charge in [-0.1, -0.05) is 0 Å². The topological polar surface area (TPSA) is 112 Å². The molecule has 2 heterocycles. The second-order valence-corrected chi connectivity index (χ2v) is 6.43. The van der Waals surface area contributed by atoms with E-state index in [0.717, 1.165) is 0 Å². The summed E-state index contributed by atoms with van der Waals surface area (Å²) in [4.78, 5) is 34.6. The fourth-order valence-electron chi connectivity index (χ4n) is 2.89. The molecule has 1 aliphatic rings. The first-order chi connectivity index (χ1) is 12.1. The predicted octanol–water partition coefficient (Wildman–Crippen LogP) is 2.91. The number of aromatic carboxylic acids is 1. The van der Waals surface area contributed by atoms with E-state index >= 15 is 0 Å². The summed E-state index contributed by atoms with van der Waals surface area (Å²) in [7, 11) is 0. The van der Waals surface area contributed by atoms with Crippen LogP contribution in [0.25, 0.3) is 5.70 Å². The standard InChI is InChI=1S/C18H16N2O6/c1-10-15(19-8-4-5-12(16(19)21)17(22)23)13-9-11(20(24)25)6-7-14(13)26-18(10,2)3/h4-9H,1-3H3,(H,22,23). The highest BCUT2D eigenvalue weighted by Crippen LogP contribution is 2.42. The number of non-ortho nitro benzene ring substituents is 1. The van der Waals surface area contributed by atoms with Gasteiger partial charge in [-0.05, 0) is 44.5 Å². The number of nitro groups is 1. The Bertz CT molecular complexity index is 1030. The summed E-state index contributed by atoms with van der Waals surface area (Å²) in [6, 6.07) is 6.79. The third kappa shape index (κ3) is 2.65. The number of rotatable bonds is 3. The lowest BCUT2D eigenvalue weighted by atomic mass is 9.90. The minimum absolute atomic E-state index is 0.153. The molecule has 0 saturated heterocycles. The number of nitro benzene ring substituents is 1. The normalized spacial score (nSPS) is 15.2. The molecular weight excluding hydrogens is 340 g/mol. The zero-order valence-electron chi connectivity index (χ0n) is 14.3. The van der Waals surface area contributed by atoms with Crippen molar-refractivity contribution in [2.75, 3.05) is 0 Å². The van der Waals surface area contributed by atoms with Crippen LogP contribution in [-0.4, -0.2) is 26.2 Å². The van der Waals surface area contributed by atoms with Crippen molar-refractivity contribution in [3.8, 4) is 5.75 Å². The summed E-state index contributed by atoms with van der Waals surface area (Å²) in [5.74, 6) is -0.956. The van der Waals surface area contributed by atoms with E-state index in [9.17, 15) is 24.8 Å². The molecule has 8 nitrogen and oxygen atoms in total. The van der Waals surface area contributed by atoms with Crippen molar-refractivity contribution >= 4 is 17.4 Å². The van der Waals surface area contributed by atoms with Gasteiger partial charge in [-0.3, -0.25) is 19.5 Å². The molecule has 0 bridgehead atoms. The summed E-state index contributed by atoms with van der Waals surface area (Å²) < 4.78 is 7.12. The van der Waals surface area contributed by atoms with Crippen LogP contribution in [-0.2, 0) is 0 Å². The van der Waals surface area contributed by atoms with E-state index in [2.05, 4.69) is 0 Å². The van der Waals surface area contributed by atoms with E-state index in [1.807, 2.05) is 0 Å². The van der Waals surface area contributed by atoms with Gasteiger partial charge in [0.2, 0.25) is 0 Å². The molecule has 26 heavy (non-hydrogen) atoms. The van der Waals surface area contributed by atoms with Crippen LogP contribution in [0.2, 0.25) is 0 Å². The van der Waals surface area contributed by atoms with Crippen molar-refractivity contribution < 1.29 is 19.6 Å². The van der Waals surface area contributed by atoms with Crippen molar-refractivity contribution in [1.29, 1.82) is 0 Å². The van der Waals surface area contributed by atoms with Gasteiger partial charge in [0.05, 0.1) is 10.6 Å². The summed E-state index contributed by atoms with van der Waals surface area (Å²) in [5, 5.41) is 20.4. The molecular formula is C18H16N2O6. The molecule has 2 aromatic rings. The zero-order chi connectivity index (χ0) is 19.2. The highest BCUT2D eigenvalue weighted by atomic mass is 16.6. The van der Waals surface area contributed by atoms with Gasteiger partial charge < -0.3 is 9.84 Å². The first-order valence-electron chi connectivity index (χ1n) is 7.78.